The van der Waals surface area contributed by atoms with Crippen molar-refractivity contribution in [2.24, 2.45) is 0 Å². The van der Waals surface area contributed by atoms with E-state index < -0.39 is 0 Å². The van der Waals surface area contributed by atoms with Gasteiger partial charge in [-0.05, 0) is 65.2 Å². The summed E-state index contributed by atoms with van der Waals surface area (Å²) in [5.74, 6) is 0.130. The van der Waals surface area contributed by atoms with Crippen molar-refractivity contribution in [2.75, 3.05) is 30.5 Å². The SMILES string of the molecule is CN(C(=O)c1ccc(Br)o1)c1ccccc1C(=O)Nc1cccc(OCC2CCCO2)c1. The molecular weight excluding hydrogens is 476 g/mol. The molecule has 1 N–H and O–H groups in total. The molecule has 1 aliphatic heterocycles. The molecular formula is C24H23BrN2O5. The van der Waals surface area contributed by atoms with Crippen molar-refractivity contribution < 1.29 is 23.5 Å². The predicted molar refractivity (Wildman–Crippen MR) is 124 cm³/mol. The molecule has 4 rings (SSSR count). The summed E-state index contributed by atoms with van der Waals surface area (Å²) in [6.07, 6.45) is 2.16. The Balaban J connectivity index is 1.47. The zero-order valence-corrected chi connectivity index (χ0v) is 19.1. The molecule has 1 unspecified atom stereocenters. The molecule has 1 saturated heterocycles. The van der Waals surface area contributed by atoms with Crippen LogP contribution in [0.2, 0.25) is 0 Å². The summed E-state index contributed by atoms with van der Waals surface area (Å²) in [5, 5.41) is 2.89. The third-order valence-electron chi connectivity index (χ3n) is 5.15. The van der Waals surface area contributed by atoms with E-state index in [4.69, 9.17) is 13.9 Å². The topological polar surface area (TPSA) is 81.0 Å². The first kappa shape index (κ1) is 22.1. The maximum atomic E-state index is 13.0. The minimum atomic E-state index is -0.361. The molecule has 0 aliphatic carbocycles. The van der Waals surface area contributed by atoms with E-state index in [1.54, 1.807) is 55.6 Å². The number of carbonyl (C=O) groups excluding carboxylic acids is 2. The average molecular weight is 499 g/mol. The van der Waals surface area contributed by atoms with Crippen LogP contribution in [0.5, 0.6) is 5.75 Å². The van der Waals surface area contributed by atoms with Crippen LogP contribution >= 0.6 is 15.9 Å². The molecule has 1 fully saturated rings. The molecule has 166 valence electrons. The lowest BCUT2D eigenvalue weighted by molar-refractivity contribution is 0.0679. The van der Waals surface area contributed by atoms with Crippen LogP contribution in [0, 0.1) is 0 Å². The molecule has 8 heteroatoms. The monoisotopic (exact) mass is 498 g/mol. The second-order valence-corrected chi connectivity index (χ2v) is 8.19. The number of ether oxygens (including phenoxy) is 2. The van der Waals surface area contributed by atoms with Crippen molar-refractivity contribution in [1.29, 1.82) is 0 Å². The molecule has 2 heterocycles. The first-order chi connectivity index (χ1) is 15.5. The van der Waals surface area contributed by atoms with Crippen LogP contribution in [0.3, 0.4) is 0 Å². The van der Waals surface area contributed by atoms with Crippen LogP contribution in [0.4, 0.5) is 11.4 Å². The number of benzene rings is 2. The van der Waals surface area contributed by atoms with Crippen molar-refractivity contribution in [2.45, 2.75) is 18.9 Å². The van der Waals surface area contributed by atoms with E-state index in [1.807, 2.05) is 12.1 Å². The van der Waals surface area contributed by atoms with Crippen molar-refractivity contribution >= 4 is 39.1 Å². The van der Waals surface area contributed by atoms with E-state index >= 15 is 0 Å². The number of amides is 2. The molecule has 1 aliphatic rings. The van der Waals surface area contributed by atoms with Crippen LogP contribution in [0.25, 0.3) is 0 Å². The zero-order valence-electron chi connectivity index (χ0n) is 17.5. The van der Waals surface area contributed by atoms with Gasteiger partial charge in [-0.25, -0.2) is 0 Å². The number of furan rings is 1. The fraction of sp³-hybridized carbons (Fsp3) is 0.250. The first-order valence-corrected chi connectivity index (χ1v) is 11.1. The lowest BCUT2D eigenvalue weighted by Crippen LogP contribution is -2.28. The number of nitrogens with zero attached hydrogens (tertiary/aromatic N) is 1. The highest BCUT2D eigenvalue weighted by Gasteiger charge is 2.22. The normalized spacial score (nSPS) is 15.4. The zero-order chi connectivity index (χ0) is 22.5. The highest BCUT2D eigenvalue weighted by molar-refractivity contribution is 9.10. The van der Waals surface area contributed by atoms with E-state index in [1.165, 1.54) is 4.90 Å². The number of anilines is 2. The fourth-order valence-corrected chi connectivity index (χ4v) is 3.80. The van der Waals surface area contributed by atoms with Gasteiger partial charge in [0, 0.05) is 25.4 Å². The number of nitrogens with one attached hydrogen (secondary N) is 1. The van der Waals surface area contributed by atoms with Crippen LogP contribution in [0.15, 0.2) is 69.8 Å². The summed E-state index contributed by atoms with van der Waals surface area (Å²) < 4.78 is 17.2. The summed E-state index contributed by atoms with van der Waals surface area (Å²) in [6, 6.07) is 17.3. The number of hydrogen-bond donors (Lipinski definition) is 1. The average Bonchev–Trinajstić information content (AvgIpc) is 3.49. The summed E-state index contributed by atoms with van der Waals surface area (Å²) in [4.78, 5) is 27.2. The Hall–Kier alpha value is -3.10. The predicted octanol–water partition coefficient (Wildman–Crippen LogP) is 5.13. The fourth-order valence-electron chi connectivity index (χ4n) is 3.49. The minimum Gasteiger partial charge on any atom is -0.491 e. The summed E-state index contributed by atoms with van der Waals surface area (Å²) in [7, 11) is 1.60. The van der Waals surface area contributed by atoms with Crippen molar-refractivity contribution in [1.82, 2.24) is 0 Å². The van der Waals surface area contributed by atoms with Crippen molar-refractivity contribution in [3.63, 3.8) is 0 Å². The van der Waals surface area contributed by atoms with E-state index in [2.05, 4.69) is 21.2 Å². The molecule has 0 bridgehead atoms. The Morgan fingerprint density at radius 2 is 2.00 bits per heavy atom. The Bertz CT molecular complexity index is 1110. The number of halogens is 1. The van der Waals surface area contributed by atoms with E-state index in [-0.39, 0.29) is 23.7 Å². The standard InChI is InChI=1S/C24H23BrN2O5/c1-27(24(29)21-11-12-22(25)32-21)20-10-3-2-9-19(20)23(28)26-16-6-4-7-17(14-16)31-15-18-8-5-13-30-18/h2-4,6-7,9-12,14,18H,5,8,13,15H2,1H3,(H,26,28). The highest BCUT2D eigenvalue weighted by Crippen LogP contribution is 2.25. The Kier molecular flexibility index (Phi) is 6.92. The molecule has 3 aromatic rings. The Morgan fingerprint density at radius 1 is 1.16 bits per heavy atom. The lowest BCUT2D eigenvalue weighted by atomic mass is 10.1. The summed E-state index contributed by atoms with van der Waals surface area (Å²) in [6.45, 7) is 1.26. The number of hydrogen-bond acceptors (Lipinski definition) is 5. The molecule has 32 heavy (non-hydrogen) atoms. The molecule has 2 aromatic carbocycles. The maximum absolute atomic E-state index is 13.0. The van der Waals surface area contributed by atoms with E-state index in [0.29, 0.717) is 34.0 Å². The van der Waals surface area contributed by atoms with Gasteiger partial charge < -0.3 is 24.1 Å². The van der Waals surface area contributed by atoms with Gasteiger partial charge in [-0.15, -0.1) is 0 Å². The number of carbonyl (C=O) groups is 2. The molecule has 1 atom stereocenters. The molecule has 7 nitrogen and oxygen atoms in total. The van der Waals surface area contributed by atoms with Crippen molar-refractivity contribution in [3.8, 4) is 5.75 Å². The van der Waals surface area contributed by atoms with Gasteiger partial charge in [0.2, 0.25) is 0 Å². The van der Waals surface area contributed by atoms with Crippen LogP contribution in [-0.2, 0) is 4.74 Å². The van der Waals surface area contributed by atoms with Crippen LogP contribution in [0.1, 0.15) is 33.8 Å². The summed E-state index contributed by atoms with van der Waals surface area (Å²) >= 11 is 3.20. The second-order valence-electron chi connectivity index (χ2n) is 7.41. The second kappa shape index (κ2) is 10.0. The van der Waals surface area contributed by atoms with Gasteiger partial charge in [-0.2, -0.15) is 0 Å². The Labute approximate surface area is 194 Å². The number of rotatable bonds is 7. The largest absolute Gasteiger partial charge is 0.491 e. The van der Waals surface area contributed by atoms with E-state index in [0.717, 1.165) is 19.4 Å². The molecule has 2 amide bonds. The quantitative estimate of drug-likeness (QED) is 0.488. The molecule has 1 aromatic heterocycles. The molecule has 0 radical (unpaired) electrons. The van der Waals surface area contributed by atoms with Gasteiger partial charge >= 0.3 is 0 Å². The molecule has 0 spiro atoms. The van der Waals surface area contributed by atoms with Gasteiger partial charge in [0.15, 0.2) is 10.4 Å². The van der Waals surface area contributed by atoms with Gasteiger partial charge in [-0.1, -0.05) is 18.2 Å². The first-order valence-electron chi connectivity index (χ1n) is 10.3. The van der Waals surface area contributed by atoms with Gasteiger partial charge in [0.1, 0.15) is 12.4 Å². The van der Waals surface area contributed by atoms with Gasteiger partial charge in [0.25, 0.3) is 11.8 Å². The number of para-hydroxylation sites is 1. The van der Waals surface area contributed by atoms with Gasteiger partial charge in [0.05, 0.1) is 17.4 Å². The van der Waals surface area contributed by atoms with Crippen molar-refractivity contribution in [3.05, 3.63) is 76.7 Å². The third-order valence-corrected chi connectivity index (χ3v) is 5.58. The highest BCUT2D eigenvalue weighted by atomic mass is 79.9. The third kappa shape index (κ3) is 5.20. The van der Waals surface area contributed by atoms with E-state index in [9.17, 15) is 9.59 Å². The van der Waals surface area contributed by atoms with Gasteiger partial charge in [-0.3, -0.25) is 9.59 Å². The van der Waals surface area contributed by atoms with Crippen LogP contribution in [-0.4, -0.2) is 38.2 Å². The smallest absolute Gasteiger partial charge is 0.293 e. The summed E-state index contributed by atoms with van der Waals surface area (Å²) in [5.41, 5.74) is 1.42. The van der Waals surface area contributed by atoms with Crippen LogP contribution < -0.4 is 15.0 Å². The lowest BCUT2D eigenvalue weighted by Gasteiger charge is -2.19. The Morgan fingerprint density at radius 3 is 2.75 bits per heavy atom. The minimum absolute atomic E-state index is 0.114. The molecule has 0 saturated carbocycles. The maximum Gasteiger partial charge on any atom is 0.293 e.